The number of rotatable bonds is 1. The van der Waals surface area contributed by atoms with Gasteiger partial charge in [0.2, 0.25) is 0 Å². The maximum Gasteiger partial charge on any atom is 0.0783 e. The summed E-state index contributed by atoms with van der Waals surface area (Å²) in [6.07, 6.45) is 2.62. The first-order chi connectivity index (χ1) is 4.18. The Hall–Kier alpha value is 0.690. The number of fused-ring (bicyclic) bond motifs is 1. The van der Waals surface area contributed by atoms with Gasteiger partial charge in [0.1, 0.15) is 0 Å². The van der Waals surface area contributed by atoms with Gasteiger partial charge in [0, 0.05) is 4.43 Å². The first-order valence-electron chi connectivity index (χ1n) is 3.38. The zero-order valence-electron chi connectivity index (χ0n) is 5.61. The molecule has 1 aliphatic carbocycles. The van der Waals surface area contributed by atoms with E-state index in [2.05, 4.69) is 29.5 Å². The van der Waals surface area contributed by atoms with Crippen LogP contribution in [0.2, 0.25) is 0 Å². The second kappa shape index (κ2) is 1.64. The molecule has 2 aliphatic heterocycles. The van der Waals surface area contributed by atoms with Crippen molar-refractivity contribution in [3.63, 3.8) is 0 Å². The van der Waals surface area contributed by atoms with E-state index in [1.54, 1.807) is 0 Å². The smallest absolute Gasteiger partial charge is 0.0783 e. The molecule has 2 heteroatoms. The molecule has 3 aliphatic rings. The van der Waals surface area contributed by atoms with Crippen LogP contribution in [0.3, 0.4) is 0 Å². The average Bonchev–Trinajstić information content (AvgIpc) is 2.20. The fourth-order valence-corrected chi connectivity index (χ4v) is 2.93. The lowest BCUT2D eigenvalue weighted by molar-refractivity contribution is 0.0147. The Morgan fingerprint density at radius 1 is 1.56 bits per heavy atom. The Kier molecular flexibility index (Phi) is 1.17. The summed E-state index contributed by atoms with van der Waals surface area (Å²) in [5.74, 6) is 0. The zero-order valence-corrected chi connectivity index (χ0v) is 7.77. The predicted octanol–water partition coefficient (Wildman–Crippen LogP) is 1.99. The van der Waals surface area contributed by atoms with Crippen molar-refractivity contribution in [3.8, 4) is 0 Å². The molecule has 0 aromatic carbocycles. The molecule has 9 heavy (non-hydrogen) atoms. The Morgan fingerprint density at radius 3 is 2.44 bits per heavy atom. The van der Waals surface area contributed by atoms with Crippen LogP contribution in [0.5, 0.6) is 0 Å². The van der Waals surface area contributed by atoms with Crippen molar-refractivity contribution in [2.45, 2.75) is 25.4 Å². The van der Waals surface area contributed by atoms with Crippen molar-refractivity contribution in [2.75, 3.05) is 11.0 Å². The summed E-state index contributed by atoms with van der Waals surface area (Å²) in [6, 6.07) is 0. The van der Waals surface area contributed by atoms with E-state index in [9.17, 15) is 0 Å². The number of ether oxygens (including phenoxy) is 1. The van der Waals surface area contributed by atoms with Crippen LogP contribution in [0.4, 0.5) is 0 Å². The van der Waals surface area contributed by atoms with Gasteiger partial charge in [0.05, 0.1) is 12.2 Å². The summed E-state index contributed by atoms with van der Waals surface area (Å²) in [7, 11) is 0. The molecular weight excluding hydrogens is 227 g/mol. The Balaban J connectivity index is 2.12. The summed E-state index contributed by atoms with van der Waals surface area (Å²) < 4.78 is 6.84. The lowest BCUT2D eigenvalue weighted by Gasteiger charge is -2.41. The number of halogens is 1. The summed E-state index contributed by atoms with van der Waals surface area (Å²) in [6.45, 7) is 3.33. The minimum Gasteiger partial charge on any atom is -0.374 e. The molecule has 0 N–H and O–H groups in total. The molecule has 2 bridgehead atoms. The highest BCUT2D eigenvalue weighted by molar-refractivity contribution is 14.1. The van der Waals surface area contributed by atoms with Crippen molar-refractivity contribution in [1.29, 1.82) is 0 Å². The van der Waals surface area contributed by atoms with Gasteiger partial charge in [-0.05, 0) is 18.3 Å². The summed E-state index contributed by atoms with van der Waals surface area (Å²) in [4.78, 5) is 0. The van der Waals surface area contributed by atoms with Crippen LogP contribution in [0.25, 0.3) is 0 Å². The molecule has 3 rings (SSSR count). The van der Waals surface area contributed by atoms with Gasteiger partial charge in [0.25, 0.3) is 0 Å². The van der Waals surface area contributed by atoms with Crippen molar-refractivity contribution < 1.29 is 4.74 Å². The maximum atomic E-state index is 5.66. The van der Waals surface area contributed by atoms with Gasteiger partial charge in [-0.3, -0.25) is 0 Å². The van der Waals surface area contributed by atoms with Crippen LogP contribution >= 0.6 is 22.6 Å². The van der Waals surface area contributed by atoms with Crippen LogP contribution in [0, 0.1) is 5.41 Å². The van der Waals surface area contributed by atoms with E-state index in [0.717, 1.165) is 6.61 Å². The second-order valence-electron chi connectivity index (χ2n) is 3.77. The molecule has 0 radical (unpaired) electrons. The SMILES string of the molecule is CC12COC(CI)(C1)C2. The minimum atomic E-state index is 0.329. The van der Waals surface area contributed by atoms with Crippen molar-refractivity contribution >= 4 is 22.6 Å². The quantitative estimate of drug-likeness (QED) is 0.501. The van der Waals surface area contributed by atoms with E-state index < -0.39 is 0 Å². The van der Waals surface area contributed by atoms with Crippen LogP contribution in [-0.4, -0.2) is 16.6 Å². The third-order valence-electron chi connectivity index (χ3n) is 2.47. The maximum absolute atomic E-state index is 5.66. The molecule has 2 saturated heterocycles. The topological polar surface area (TPSA) is 9.23 Å². The Bertz CT molecular complexity index is 138. The first kappa shape index (κ1) is 6.40. The molecule has 0 amide bonds. The molecule has 0 spiro atoms. The Morgan fingerprint density at radius 2 is 2.22 bits per heavy atom. The molecule has 3 fully saturated rings. The molecule has 1 nitrogen and oxygen atoms in total. The minimum absolute atomic E-state index is 0.329. The first-order valence-corrected chi connectivity index (χ1v) is 4.91. The molecule has 52 valence electrons. The van der Waals surface area contributed by atoms with Crippen molar-refractivity contribution in [1.82, 2.24) is 0 Å². The zero-order chi connectivity index (χ0) is 6.54. The number of alkyl halides is 1. The lowest BCUT2D eigenvalue weighted by Crippen LogP contribution is -2.43. The molecule has 0 aromatic heterocycles. The van der Waals surface area contributed by atoms with Gasteiger partial charge in [-0.1, -0.05) is 29.5 Å². The van der Waals surface area contributed by atoms with Crippen LogP contribution < -0.4 is 0 Å². The Labute approximate surface area is 69.3 Å². The highest BCUT2D eigenvalue weighted by atomic mass is 127. The van der Waals surface area contributed by atoms with E-state index in [1.807, 2.05) is 0 Å². The number of hydrogen-bond donors (Lipinski definition) is 0. The van der Waals surface area contributed by atoms with E-state index in [1.165, 1.54) is 17.3 Å². The third-order valence-corrected chi connectivity index (χ3v) is 3.86. The van der Waals surface area contributed by atoms with Crippen molar-refractivity contribution in [3.05, 3.63) is 0 Å². The second-order valence-corrected chi connectivity index (χ2v) is 4.53. The standard InChI is InChI=1S/C7H11IO/c1-6-2-7(3-6,4-8)9-5-6/h2-5H2,1H3. The lowest BCUT2D eigenvalue weighted by atomic mass is 9.65. The van der Waals surface area contributed by atoms with Gasteiger partial charge in [-0.15, -0.1) is 0 Å². The summed E-state index contributed by atoms with van der Waals surface area (Å²) in [5, 5.41) is 0. The van der Waals surface area contributed by atoms with Crippen LogP contribution in [0.15, 0.2) is 0 Å². The summed E-state index contributed by atoms with van der Waals surface area (Å²) in [5.41, 5.74) is 0.903. The van der Waals surface area contributed by atoms with Gasteiger partial charge < -0.3 is 4.74 Å². The van der Waals surface area contributed by atoms with E-state index in [4.69, 9.17) is 4.74 Å². The van der Waals surface area contributed by atoms with Crippen LogP contribution in [-0.2, 0) is 4.74 Å². The molecule has 0 unspecified atom stereocenters. The fraction of sp³-hybridized carbons (Fsp3) is 1.00. The average molecular weight is 238 g/mol. The van der Waals surface area contributed by atoms with E-state index >= 15 is 0 Å². The molecule has 0 aromatic rings. The van der Waals surface area contributed by atoms with Crippen molar-refractivity contribution in [2.24, 2.45) is 5.41 Å². The highest BCUT2D eigenvalue weighted by Crippen LogP contribution is 2.57. The predicted molar refractivity (Wildman–Crippen MR) is 44.9 cm³/mol. The number of hydrogen-bond acceptors (Lipinski definition) is 1. The van der Waals surface area contributed by atoms with Crippen LogP contribution in [0.1, 0.15) is 19.8 Å². The monoisotopic (exact) mass is 238 g/mol. The third kappa shape index (κ3) is 0.755. The summed E-state index contributed by atoms with van der Waals surface area (Å²) >= 11 is 2.43. The largest absolute Gasteiger partial charge is 0.374 e. The molecule has 2 heterocycles. The fourth-order valence-electron chi connectivity index (χ4n) is 2.17. The van der Waals surface area contributed by atoms with Gasteiger partial charge in [-0.25, -0.2) is 0 Å². The molecular formula is C7H11IO. The molecule has 1 saturated carbocycles. The van der Waals surface area contributed by atoms with E-state index in [0.29, 0.717) is 11.0 Å². The van der Waals surface area contributed by atoms with Gasteiger partial charge >= 0.3 is 0 Å². The molecule has 0 atom stereocenters. The highest BCUT2D eigenvalue weighted by Gasteiger charge is 2.58. The van der Waals surface area contributed by atoms with Gasteiger partial charge in [-0.2, -0.15) is 0 Å². The normalized spacial score (nSPS) is 55.3. The van der Waals surface area contributed by atoms with E-state index in [-0.39, 0.29) is 0 Å². The van der Waals surface area contributed by atoms with Gasteiger partial charge in [0.15, 0.2) is 0 Å².